The van der Waals surface area contributed by atoms with Crippen molar-refractivity contribution in [1.29, 1.82) is 0 Å². The molecule has 3 aromatic rings. The Morgan fingerprint density at radius 1 is 1.07 bits per heavy atom. The smallest absolute Gasteiger partial charge is 0.226 e. The summed E-state index contributed by atoms with van der Waals surface area (Å²) in [6, 6.07) is 13.9. The maximum absolute atomic E-state index is 12.4. The molecule has 1 aromatic heterocycles. The van der Waals surface area contributed by atoms with Crippen molar-refractivity contribution < 1.29 is 14.3 Å². The van der Waals surface area contributed by atoms with Gasteiger partial charge in [-0.05, 0) is 64.6 Å². The number of nitrogens with one attached hydrogen (secondary N) is 1. The van der Waals surface area contributed by atoms with Crippen LogP contribution in [0.4, 0.5) is 5.82 Å². The second-order valence-corrected chi connectivity index (χ2v) is 7.79. The molecule has 1 amide bonds. The van der Waals surface area contributed by atoms with Gasteiger partial charge in [-0.25, -0.2) is 4.68 Å². The van der Waals surface area contributed by atoms with Crippen LogP contribution in [0.1, 0.15) is 23.5 Å². The third-order valence-corrected chi connectivity index (χ3v) is 5.58. The predicted octanol–water partition coefficient (Wildman–Crippen LogP) is 3.72. The Labute approximate surface area is 169 Å². The average molecular weight is 473 g/mol. The van der Waals surface area contributed by atoms with Gasteiger partial charge in [0, 0.05) is 21.5 Å². The SMILES string of the molecule is O=C1CC(c2ccc3c(c2)OCCO3)c2cnn(-c3ccc(I)cc3)c2N1. The second-order valence-electron chi connectivity index (χ2n) is 6.54. The minimum Gasteiger partial charge on any atom is -0.486 e. The number of ether oxygens (including phenoxy) is 2. The van der Waals surface area contributed by atoms with E-state index in [2.05, 4.69) is 33.0 Å². The van der Waals surface area contributed by atoms with Crippen molar-refractivity contribution in [1.82, 2.24) is 9.78 Å². The molecule has 1 atom stereocenters. The van der Waals surface area contributed by atoms with Gasteiger partial charge in [-0.15, -0.1) is 0 Å². The van der Waals surface area contributed by atoms with Gasteiger partial charge in [-0.3, -0.25) is 4.79 Å². The standard InChI is InChI=1S/C20H16IN3O3/c21-13-2-4-14(5-3-13)24-20-16(11-22-24)15(10-19(25)23-20)12-1-6-17-18(9-12)27-8-7-26-17/h1-6,9,11,15H,7-8,10H2,(H,23,25). The molecule has 1 N–H and O–H groups in total. The average Bonchev–Trinajstić information content (AvgIpc) is 3.11. The summed E-state index contributed by atoms with van der Waals surface area (Å²) in [5.74, 6) is 2.13. The monoisotopic (exact) mass is 473 g/mol. The largest absolute Gasteiger partial charge is 0.486 e. The molecular formula is C20H16IN3O3. The summed E-state index contributed by atoms with van der Waals surface area (Å²) in [5, 5.41) is 7.53. The molecule has 0 fully saturated rings. The number of rotatable bonds is 2. The van der Waals surface area contributed by atoms with Crippen molar-refractivity contribution in [2.24, 2.45) is 0 Å². The lowest BCUT2D eigenvalue weighted by Gasteiger charge is -2.25. The number of carbonyl (C=O) groups excluding carboxylic acids is 1. The molecule has 136 valence electrons. The maximum atomic E-state index is 12.4. The molecule has 5 rings (SSSR count). The highest BCUT2D eigenvalue weighted by Crippen LogP contribution is 2.41. The molecule has 0 radical (unpaired) electrons. The third-order valence-electron chi connectivity index (χ3n) is 4.86. The molecule has 0 aliphatic carbocycles. The number of hydrogen-bond donors (Lipinski definition) is 1. The van der Waals surface area contributed by atoms with E-state index in [-0.39, 0.29) is 11.8 Å². The van der Waals surface area contributed by atoms with Crippen LogP contribution in [0.3, 0.4) is 0 Å². The van der Waals surface area contributed by atoms with E-state index in [0.29, 0.717) is 19.6 Å². The van der Waals surface area contributed by atoms with Crippen LogP contribution in [0.15, 0.2) is 48.7 Å². The quantitative estimate of drug-likeness (QED) is 0.577. The van der Waals surface area contributed by atoms with Crippen LogP contribution < -0.4 is 14.8 Å². The zero-order chi connectivity index (χ0) is 18.4. The Hall–Kier alpha value is -2.55. The van der Waals surface area contributed by atoms with Gasteiger partial charge >= 0.3 is 0 Å². The van der Waals surface area contributed by atoms with E-state index in [1.807, 2.05) is 48.7 Å². The molecule has 0 bridgehead atoms. The summed E-state index contributed by atoms with van der Waals surface area (Å²) in [7, 11) is 0. The lowest BCUT2D eigenvalue weighted by molar-refractivity contribution is -0.116. The van der Waals surface area contributed by atoms with Crippen molar-refractivity contribution >= 4 is 34.3 Å². The van der Waals surface area contributed by atoms with Crippen molar-refractivity contribution in [2.45, 2.75) is 12.3 Å². The van der Waals surface area contributed by atoms with Crippen LogP contribution in [0.25, 0.3) is 5.69 Å². The fraction of sp³-hybridized carbons (Fsp3) is 0.200. The first-order valence-electron chi connectivity index (χ1n) is 8.72. The zero-order valence-electron chi connectivity index (χ0n) is 14.3. The van der Waals surface area contributed by atoms with Gasteiger partial charge in [0.05, 0.1) is 11.9 Å². The minimum absolute atomic E-state index is 0.0188. The number of fused-ring (bicyclic) bond motifs is 2. The molecule has 27 heavy (non-hydrogen) atoms. The van der Waals surface area contributed by atoms with Crippen LogP contribution >= 0.6 is 22.6 Å². The first-order chi connectivity index (χ1) is 13.2. The molecular weight excluding hydrogens is 457 g/mol. The van der Waals surface area contributed by atoms with E-state index in [1.54, 1.807) is 4.68 Å². The van der Waals surface area contributed by atoms with E-state index in [9.17, 15) is 4.79 Å². The minimum atomic E-state index is -0.0674. The number of nitrogens with zero attached hydrogens (tertiary/aromatic N) is 2. The molecule has 1 unspecified atom stereocenters. The van der Waals surface area contributed by atoms with Crippen molar-refractivity contribution in [2.75, 3.05) is 18.5 Å². The highest BCUT2D eigenvalue weighted by atomic mass is 127. The molecule has 0 saturated carbocycles. The summed E-state index contributed by atoms with van der Waals surface area (Å²) < 4.78 is 14.2. The van der Waals surface area contributed by atoms with Gasteiger partial charge in [0.15, 0.2) is 11.5 Å². The van der Waals surface area contributed by atoms with Gasteiger partial charge in [-0.1, -0.05) is 6.07 Å². The highest BCUT2D eigenvalue weighted by Gasteiger charge is 2.31. The van der Waals surface area contributed by atoms with E-state index < -0.39 is 0 Å². The molecule has 6 nitrogen and oxygen atoms in total. The summed E-state index contributed by atoms with van der Waals surface area (Å²) >= 11 is 2.27. The fourth-order valence-electron chi connectivity index (χ4n) is 3.57. The number of carbonyl (C=O) groups is 1. The predicted molar refractivity (Wildman–Crippen MR) is 109 cm³/mol. The van der Waals surface area contributed by atoms with Gasteiger partial charge in [0.1, 0.15) is 19.0 Å². The van der Waals surface area contributed by atoms with E-state index in [4.69, 9.17) is 9.47 Å². The number of benzene rings is 2. The molecule has 7 heteroatoms. The Morgan fingerprint density at radius 2 is 1.85 bits per heavy atom. The first-order valence-corrected chi connectivity index (χ1v) is 9.80. The number of halogens is 1. The molecule has 0 spiro atoms. The highest BCUT2D eigenvalue weighted by molar-refractivity contribution is 14.1. The number of aromatic nitrogens is 2. The Morgan fingerprint density at radius 3 is 2.67 bits per heavy atom. The lowest BCUT2D eigenvalue weighted by Crippen LogP contribution is -2.24. The summed E-state index contributed by atoms with van der Waals surface area (Å²) in [5.41, 5.74) is 2.95. The topological polar surface area (TPSA) is 65.4 Å². The molecule has 3 heterocycles. The molecule has 0 saturated heterocycles. The van der Waals surface area contributed by atoms with Gasteiger partial charge in [-0.2, -0.15) is 5.10 Å². The lowest BCUT2D eigenvalue weighted by atomic mass is 9.87. The Bertz CT molecular complexity index is 1030. The van der Waals surface area contributed by atoms with Crippen LogP contribution in [-0.2, 0) is 4.79 Å². The maximum Gasteiger partial charge on any atom is 0.226 e. The van der Waals surface area contributed by atoms with Crippen molar-refractivity contribution in [3.63, 3.8) is 0 Å². The zero-order valence-corrected chi connectivity index (χ0v) is 16.5. The van der Waals surface area contributed by atoms with Crippen LogP contribution in [0, 0.1) is 3.57 Å². The molecule has 2 aromatic carbocycles. The van der Waals surface area contributed by atoms with Gasteiger partial charge < -0.3 is 14.8 Å². The molecule has 2 aliphatic heterocycles. The Kier molecular flexibility index (Phi) is 4.04. The van der Waals surface area contributed by atoms with E-state index in [0.717, 1.165) is 37.7 Å². The van der Waals surface area contributed by atoms with Crippen LogP contribution in [-0.4, -0.2) is 28.9 Å². The molecule has 2 aliphatic rings. The van der Waals surface area contributed by atoms with Gasteiger partial charge in [0.2, 0.25) is 5.91 Å². The fourth-order valence-corrected chi connectivity index (χ4v) is 3.93. The van der Waals surface area contributed by atoms with E-state index >= 15 is 0 Å². The summed E-state index contributed by atoms with van der Waals surface area (Å²) in [6.07, 6.45) is 2.22. The van der Waals surface area contributed by atoms with E-state index in [1.165, 1.54) is 0 Å². The normalized spacial score (nSPS) is 18.0. The second kappa shape index (κ2) is 6.56. The summed E-state index contributed by atoms with van der Waals surface area (Å²) in [6.45, 7) is 1.10. The number of hydrogen-bond acceptors (Lipinski definition) is 4. The first kappa shape index (κ1) is 16.6. The third kappa shape index (κ3) is 2.95. The Balaban J connectivity index is 1.57. The number of anilines is 1. The van der Waals surface area contributed by atoms with Crippen LogP contribution in [0.5, 0.6) is 11.5 Å². The summed E-state index contributed by atoms with van der Waals surface area (Å²) in [4.78, 5) is 12.4. The number of amides is 1. The van der Waals surface area contributed by atoms with Gasteiger partial charge in [0.25, 0.3) is 0 Å². The van der Waals surface area contributed by atoms with Crippen LogP contribution in [0.2, 0.25) is 0 Å². The van der Waals surface area contributed by atoms with Crippen molar-refractivity contribution in [3.05, 3.63) is 63.4 Å². The van der Waals surface area contributed by atoms with Crippen molar-refractivity contribution in [3.8, 4) is 17.2 Å².